The third-order valence-electron chi connectivity index (χ3n) is 7.66. The smallest absolute Gasteiger partial charge is 0.274 e. The van der Waals surface area contributed by atoms with Gasteiger partial charge in [-0.2, -0.15) is 0 Å². The van der Waals surface area contributed by atoms with Gasteiger partial charge in [0.1, 0.15) is 17.7 Å². The molecule has 1 aromatic carbocycles. The van der Waals surface area contributed by atoms with Crippen LogP contribution in [0.25, 0.3) is 0 Å². The molecule has 0 saturated carbocycles. The molecule has 2 aliphatic heterocycles. The van der Waals surface area contributed by atoms with Crippen LogP contribution in [0.2, 0.25) is 0 Å². The van der Waals surface area contributed by atoms with E-state index in [4.69, 9.17) is 14.0 Å². The minimum atomic E-state index is -0.983. The van der Waals surface area contributed by atoms with Crippen molar-refractivity contribution in [3.63, 3.8) is 0 Å². The Bertz CT molecular complexity index is 1250. The molecule has 12 heteroatoms. The van der Waals surface area contributed by atoms with Crippen LogP contribution >= 0.6 is 0 Å². The van der Waals surface area contributed by atoms with E-state index in [0.29, 0.717) is 38.5 Å². The summed E-state index contributed by atoms with van der Waals surface area (Å²) >= 11 is 0. The molecule has 0 bridgehead atoms. The number of nitrogens with zero attached hydrogens (tertiary/aromatic N) is 2. The Morgan fingerprint density at radius 2 is 1.63 bits per heavy atom. The third-order valence-corrected chi connectivity index (χ3v) is 7.66. The van der Waals surface area contributed by atoms with Gasteiger partial charge in [0.15, 0.2) is 17.2 Å². The molecule has 43 heavy (non-hydrogen) atoms. The van der Waals surface area contributed by atoms with Gasteiger partial charge in [0, 0.05) is 25.6 Å². The molecule has 2 aliphatic rings. The fraction of sp³-hybridized carbons (Fsp3) is 0.581. The van der Waals surface area contributed by atoms with Gasteiger partial charge in [0.25, 0.3) is 5.91 Å². The molecule has 2 saturated heterocycles. The maximum Gasteiger partial charge on any atom is 0.274 e. The van der Waals surface area contributed by atoms with Crippen molar-refractivity contribution < 1.29 is 33.2 Å². The quantitative estimate of drug-likeness (QED) is 0.260. The van der Waals surface area contributed by atoms with Crippen molar-refractivity contribution in [2.45, 2.75) is 77.2 Å². The van der Waals surface area contributed by atoms with Crippen LogP contribution in [0.1, 0.15) is 62.3 Å². The molecule has 12 nitrogen and oxygen atoms in total. The van der Waals surface area contributed by atoms with Crippen molar-refractivity contribution >= 4 is 23.5 Å². The van der Waals surface area contributed by atoms with E-state index in [-0.39, 0.29) is 30.2 Å². The number of nitrogens with one attached hydrogen (secondary N) is 3. The minimum absolute atomic E-state index is 0.0684. The largest absolute Gasteiger partial charge is 0.379 e. The summed E-state index contributed by atoms with van der Waals surface area (Å²) in [4.78, 5) is 55.3. The molecule has 3 amide bonds. The number of hydrogen-bond donors (Lipinski definition) is 3. The maximum atomic E-state index is 13.6. The SMILES string of the molecule is CCC(NC(=O)c1cc(CN2CCOCC2)on1)C(=O)NC(Cc1ccccc1)C(=O)NC(CC(C)C)C(=O)[C@@]1(C)CO1. The van der Waals surface area contributed by atoms with E-state index in [1.807, 2.05) is 44.2 Å². The van der Waals surface area contributed by atoms with Crippen molar-refractivity contribution in [3.8, 4) is 0 Å². The Hall–Kier alpha value is -3.61. The second-order valence-electron chi connectivity index (χ2n) is 11.8. The van der Waals surface area contributed by atoms with E-state index in [1.165, 1.54) is 0 Å². The molecule has 2 aromatic rings. The van der Waals surface area contributed by atoms with Crippen LogP contribution in [0.15, 0.2) is 40.9 Å². The summed E-state index contributed by atoms with van der Waals surface area (Å²) < 4.78 is 16.1. The highest BCUT2D eigenvalue weighted by atomic mass is 16.6. The summed E-state index contributed by atoms with van der Waals surface area (Å²) in [5.74, 6) is -1.05. The summed E-state index contributed by atoms with van der Waals surface area (Å²) in [6, 6.07) is 8.19. The maximum absolute atomic E-state index is 13.6. The van der Waals surface area contributed by atoms with Crippen molar-refractivity contribution in [1.82, 2.24) is 26.0 Å². The molecular formula is C31H43N5O7. The van der Waals surface area contributed by atoms with Crippen molar-refractivity contribution in [3.05, 3.63) is 53.4 Å². The average Bonchev–Trinajstić information content (AvgIpc) is 3.57. The molecule has 2 fully saturated rings. The lowest BCUT2D eigenvalue weighted by Gasteiger charge is -2.26. The van der Waals surface area contributed by atoms with Crippen LogP contribution in [0.4, 0.5) is 0 Å². The zero-order valence-corrected chi connectivity index (χ0v) is 25.4. The Morgan fingerprint density at radius 1 is 0.977 bits per heavy atom. The van der Waals surface area contributed by atoms with Gasteiger partial charge in [-0.1, -0.05) is 56.3 Å². The zero-order chi connectivity index (χ0) is 31.0. The van der Waals surface area contributed by atoms with E-state index in [2.05, 4.69) is 26.0 Å². The molecular weight excluding hydrogens is 554 g/mol. The number of Topliss-reactive ketones (excluding diaryl/α,β-unsaturated/α-hetero) is 1. The van der Waals surface area contributed by atoms with Gasteiger partial charge in [-0.3, -0.25) is 24.1 Å². The molecule has 4 rings (SSSR count). The van der Waals surface area contributed by atoms with Gasteiger partial charge in [0.2, 0.25) is 11.8 Å². The number of amides is 3. The summed E-state index contributed by atoms with van der Waals surface area (Å²) in [6.45, 7) is 11.0. The monoisotopic (exact) mass is 597 g/mol. The van der Waals surface area contributed by atoms with Gasteiger partial charge in [-0.05, 0) is 31.2 Å². The molecule has 3 unspecified atom stereocenters. The predicted molar refractivity (Wildman–Crippen MR) is 157 cm³/mol. The first kappa shape index (κ1) is 32.3. The van der Waals surface area contributed by atoms with E-state index in [9.17, 15) is 19.2 Å². The van der Waals surface area contributed by atoms with Gasteiger partial charge in [-0.15, -0.1) is 0 Å². The predicted octanol–water partition coefficient (Wildman–Crippen LogP) is 1.63. The summed E-state index contributed by atoms with van der Waals surface area (Å²) in [5, 5.41) is 12.3. The van der Waals surface area contributed by atoms with Gasteiger partial charge in [-0.25, -0.2) is 0 Å². The van der Waals surface area contributed by atoms with Crippen LogP contribution in [-0.4, -0.2) is 90.2 Å². The van der Waals surface area contributed by atoms with Crippen LogP contribution < -0.4 is 16.0 Å². The van der Waals surface area contributed by atoms with Crippen molar-refractivity contribution in [2.24, 2.45) is 5.92 Å². The molecule has 3 N–H and O–H groups in total. The number of aromatic nitrogens is 1. The lowest BCUT2D eigenvalue weighted by molar-refractivity contribution is -0.133. The lowest BCUT2D eigenvalue weighted by atomic mass is 9.93. The topological polar surface area (TPSA) is 155 Å². The Kier molecular flexibility index (Phi) is 11.1. The lowest BCUT2D eigenvalue weighted by Crippen LogP contribution is -2.57. The number of rotatable bonds is 15. The minimum Gasteiger partial charge on any atom is -0.379 e. The Morgan fingerprint density at radius 3 is 2.26 bits per heavy atom. The molecule has 234 valence electrons. The number of epoxide rings is 1. The zero-order valence-electron chi connectivity index (χ0n) is 25.4. The number of carbonyl (C=O) groups is 4. The molecule has 4 atom stereocenters. The summed E-state index contributed by atoms with van der Waals surface area (Å²) in [7, 11) is 0. The third kappa shape index (κ3) is 9.19. The fourth-order valence-electron chi connectivity index (χ4n) is 4.99. The number of morpholine rings is 1. The van der Waals surface area contributed by atoms with Gasteiger partial charge >= 0.3 is 0 Å². The normalized spacial score (nSPS) is 20.6. The number of carbonyl (C=O) groups excluding carboxylic acids is 4. The number of ether oxygens (including phenoxy) is 2. The fourth-order valence-corrected chi connectivity index (χ4v) is 4.99. The second kappa shape index (κ2) is 14.7. The summed E-state index contributed by atoms with van der Waals surface area (Å²) in [6.07, 6.45) is 0.918. The van der Waals surface area contributed by atoms with E-state index in [0.717, 1.165) is 18.7 Å². The van der Waals surface area contributed by atoms with E-state index in [1.54, 1.807) is 19.9 Å². The van der Waals surface area contributed by atoms with Crippen LogP contribution in [0.5, 0.6) is 0 Å². The Labute approximate surface area is 252 Å². The van der Waals surface area contributed by atoms with Crippen molar-refractivity contribution in [2.75, 3.05) is 32.9 Å². The standard InChI is InChI=1S/C31H43N5O7/c1-5-23(32-30(40)26-17-22(43-35-26)18-36-11-13-41-14-12-36)28(38)34-25(16-21-9-7-6-8-10-21)29(39)33-24(15-20(2)3)27(37)31(4)19-42-31/h6-10,17,20,23-25H,5,11-16,18-19H2,1-4H3,(H,32,40)(H,33,39)(H,34,38)/t23?,24?,25?,31-/m1/s1. The average molecular weight is 598 g/mol. The second-order valence-corrected chi connectivity index (χ2v) is 11.8. The van der Waals surface area contributed by atoms with Crippen molar-refractivity contribution in [1.29, 1.82) is 0 Å². The highest BCUT2D eigenvalue weighted by Crippen LogP contribution is 2.29. The first-order valence-corrected chi connectivity index (χ1v) is 15.0. The molecule has 0 radical (unpaired) electrons. The van der Waals surface area contributed by atoms with Crippen LogP contribution in [0, 0.1) is 5.92 Å². The molecule has 3 heterocycles. The highest BCUT2D eigenvalue weighted by molar-refractivity contribution is 5.99. The number of benzene rings is 1. The van der Waals surface area contributed by atoms with E-state index >= 15 is 0 Å². The van der Waals surface area contributed by atoms with Crippen LogP contribution in [0.3, 0.4) is 0 Å². The first-order valence-electron chi connectivity index (χ1n) is 15.0. The first-order chi connectivity index (χ1) is 20.6. The van der Waals surface area contributed by atoms with Crippen LogP contribution in [-0.2, 0) is 36.8 Å². The van der Waals surface area contributed by atoms with E-state index < -0.39 is 41.4 Å². The summed E-state index contributed by atoms with van der Waals surface area (Å²) in [5.41, 5.74) is 0.00441. The molecule has 0 aliphatic carbocycles. The van der Waals surface area contributed by atoms with Gasteiger partial charge in [0.05, 0.1) is 32.4 Å². The molecule has 0 spiro atoms. The number of hydrogen-bond acceptors (Lipinski definition) is 9. The highest BCUT2D eigenvalue weighted by Gasteiger charge is 2.50. The molecule has 1 aromatic heterocycles. The Balaban J connectivity index is 1.42. The van der Waals surface area contributed by atoms with Gasteiger partial charge < -0.3 is 29.9 Å². The number of ketones is 1.